The van der Waals surface area contributed by atoms with E-state index in [9.17, 15) is 13.2 Å². The zero-order valence-corrected chi connectivity index (χ0v) is 13.2. The van der Waals surface area contributed by atoms with Crippen molar-refractivity contribution in [1.82, 2.24) is 0 Å². The lowest BCUT2D eigenvalue weighted by Crippen LogP contribution is -2.42. The predicted molar refractivity (Wildman–Crippen MR) is 81.2 cm³/mol. The van der Waals surface area contributed by atoms with Crippen LogP contribution in [0.25, 0.3) is 0 Å². The minimum absolute atomic E-state index is 0.0164. The van der Waals surface area contributed by atoms with Gasteiger partial charge < -0.3 is 4.90 Å². The van der Waals surface area contributed by atoms with Gasteiger partial charge in [0.2, 0.25) is 5.91 Å². The number of aryl methyl sites for hydroxylation is 2. The number of amides is 1. The van der Waals surface area contributed by atoms with Crippen molar-refractivity contribution >= 4 is 33.0 Å². The first-order valence-electron chi connectivity index (χ1n) is 6.50. The summed E-state index contributed by atoms with van der Waals surface area (Å²) in [5, 5.41) is 0. The highest BCUT2D eigenvalue weighted by Crippen LogP contribution is 2.26. The Hall–Kier alpha value is -1.07. The summed E-state index contributed by atoms with van der Waals surface area (Å²) in [6.07, 6.45) is 0.470. The van der Waals surface area contributed by atoms with Crippen molar-refractivity contribution in [1.29, 1.82) is 0 Å². The molecule has 0 unspecified atom stereocenters. The monoisotopic (exact) mass is 315 g/mol. The average molecular weight is 316 g/mol. The van der Waals surface area contributed by atoms with Gasteiger partial charge in [-0.05, 0) is 43.5 Å². The molecule has 2 rings (SSSR count). The van der Waals surface area contributed by atoms with Crippen LogP contribution < -0.4 is 4.90 Å². The second kappa shape index (κ2) is 5.74. The number of sulfone groups is 1. The normalized spacial score (nSPS) is 20.9. The summed E-state index contributed by atoms with van der Waals surface area (Å²) in [4.78, 5) is 13.7. The Balaban J connectivity index is 2.38. The molecule has 1 atom stereocenters. The van der Waals surface area contributed by atoms with Crippen molar-refractivity contribution in [3.05, 3.63) is 29.3 Å². The van der Waals surface area contributed by atoms with Gasteiger partial charge in [0, 0.05) is 5.69 Å². The number of halogens is 1. The molecule has 1 aromatic carbocycles. The van der Waals surface area contributed by atoms with Crippen LogP contribution in [0.2, 0.25) is 0 Å². The minimum atomic E-state index is -3.05. The molecule has 1 aromatic rings. The fraction of sp³-hybridized carbons (Fsp3) is 0.500. The van der Waals surface area contributed by atoms with E-state index in [-0.39, 0.29) is 29.3 Å². The van der Waals surface area contributed by atoms with Crippen molar-refractivity contribution in [2.45, 2.75) is 26.3 Å². The fourth-order valence-electron chi connectivity index (χ4n) is 2.48. The smallest absolute Gasteiger partial charge is 0.242 e. The third kappa shape index (κ3) is 3.15. The maximum Gasteiger partial charge on any atom is 0.242 e. The molecule has 0 saturated carbocycles. The van der Waals surface area contributed by atoms with Crippen LogP contribution in [-0.2, 0) is 14.6 Å². The highest BCUT2D eigenvalue weighted by molar-refractivity contribution is 7.91. The lowest BCUT2D eigenvalue weighted by molar-refractivity contribution is -0.116. The molecule has 0 aliphatic carbocycles. The Morgan fingerprint density at radius 1 is 1.35 bits per heavy atom. The first-order valence-corrected chi connectivity index (χ1v) is 8.85. The standard InChI is InChI=1S/C14H18ClNO3S/c1-10-3-4-12(7-11(10)2)16(14(17)8-15)13-5-6-20(18,19)9-13/h3-4,7,13H,5-6,8-9H2,1-2H3/t13-/m1/s1. The average Bonchev–Trinajstić information content (AvgIpc) is 2.74. The molecular formula is C14H18ClNO3S. The van der Waals surface area contributed by atoms with Crippen LogP contribution >= 0.6 is 11.6 Å². The molecular weight excluding hydrogens is 298 g/mol. The van der Waals surface area contributed by atoms with E-state index >= 15 is 0 Å². The predicted octanol–water partition coefficient (Wildman–Crippen LogP) is 2.06. The van der Waals surface area contributed by atoms with E-state index in [1.54, 1.807) is 4.90 Å². The van der Waals surface area contributed by atoms with Crippen LogP contribution in [-0.4, -0.2) is 37.8 Å². The molecule has 1 heterocycles. The van der Waals surface area contributed by atoms with E-state index in [2.05, 4.69) is 0 Å². The Labute approximate surface area is 124 Å². The van der Waals surface area contributed by atoms with Gasteiger partial charge in [0.1, 0.15) is 5.88 Å². The van der Waals surface area contributed by atoms with E-state index in [1.165, 1.54) is 0 Å². The third-order valence-corrected chi connectivity index (χ3v) is 5.70. The Morgan fingerprint density at radius 2 is 2.05 bits per heavy atom. The Bertz CT molecular complexity index is 627. The zero-order chi connectivity index (χ0) is 14.9. The van der Waals surface area contributed by atoms with Crippen molar-refractivity contribution in [3.63, 3.8) is 0 Å². The number of alkyl halides is 1. The van der Waals surface area contributed by atoms with Gasteiger partial charge in [0.15, 0.2) is 9.84 Å². The number of carbonyl (C=O) groups excluding carboxylic acids is 1. The van der Waals surface area contributed by atoms with Crippen LogP contribution in [0.15, 0.2) is 18.2 Å². The molecule has 4 nitrogen and oxygen atoms in total. The van der Waals surface area contributed by atoms with E-state index < -0.39 is 9.84 Å². The molecule has 1 amide bonds. The highest BCUT2D eigenvalue weighted by Gasteiger charge is 2.35. The van der Waals surface area contributed by atoms with E-state index in [4.69, 9.17) is 11.6 Å². The minimum Gasteiger partial charge on any atom is -0.307 e. The number of carbonyl (C=O) groups is 1. The van der Waals surface area contributed by atoms with Gasteiger partial charge in [-0.15, -0.1) is 11.6 Å². The molecule has 1 fully saturated rings. The van der Waals surface area contributed by atoms with Gasteiger partial charge in [-0.2, -0.15) is 0 Å². The largest absolute Gasteiger partial charge is 0.307 e. The second-order valence-corrected chi connectivity index (χ2v) is 7.72. The first kappa shape index (κ1) is 15.3. The van der Waals surface area contributed by atoms with Crippen LogP contribution in [0, 0.1) is 13.8 Å². The lowest BCUT2D eigenvalue weighted by atomic mass is 10.1. The van der Waals surface area contributed by atoms with Crippen LogP contribution in [0.4, 0.5) is 5.69 Å². The highest BCUT2D eigenvalue weighted by atomic mass is 35.5. The van der Waals surface area contributed by atoms with Gasteiger partial charge >= 0.3 is 0 Å². The van der Waals surface area contributed by atoms with Gasteiger partial charge in [0.25, 0.3) is 0 Å². The molecule has 0 spiro atoms. The Morgan fingerprint density at radius 3 is 2.55 bits per heavy atom. The van der Waals surface area contributed by atoms with E-state index in [0.29, 0.717) is 6.42 Å². The molecule has 6 heteroatoms. The van der Waals surface area contributed by atoms with Crippen molar-refractivity contribution < 1.29 is 13.2 Å². The second-order valence-electron chi connectivity index (χ2n) is 5.22. The molecule has 1 aliphatic rings. The summed E-state index contributed by atoms with van der Waals surface area (Å²) >= 11 is 5.68. The number of hydrogen-bond donors (Lipinski definition) is 0. The van der Waals surface area contributed by atoms with Gasteiger partial charge in [-0.3, -0.25) is 4.79 Å². The molecule has 20 heavy (non-hydrogen) atoms. The summed E-state index contributed by atoms with van der Waals surface area (Å²) in [6.45, 7) is 3.96. The first-order chi connectivity index (χ1) is 9.34. The lowest BCUT2D eigenvalue weighted by Gasteiger charge is -2.28. The quantitative estimate of drug-likeness (QED) is 0.802. The number of hydrogen-bond acceptors (Lipinski definition) is 3. The summed E-state index contributed by atoms with van der Waals surface area (Å²) in [7, 11) is -3.05. The molecule has 0 N–H and O–H groups in total. The summed E-state index contributed by atoms with van der Waals surface area (Å²) in [6, 6.07) is 5.37. The SMILES string of the molecule is Cc1ccc(N(C(=O)CCl)[C@@H]2CCS(=O)(=O)C2)cc1C. The van der Waals surface area contributed by atoms with Gasteiger partial charge in [-0.25, -0.2) is 8.42 Å². The van der Waals surface area contributed by atoms with Crippen LogP contribution in [0.5, 0.6) is 0 Å². The number of rotatable bonds is 3. The van der Waals surface area contributed by atoms with Gasteiger partial charge in [0.05, 0.1) is 17.5 Å². The van der Waals surface area contributed by atoms with Crippen LogP contribution in [0.1, 0.15) is 17.5 Å². The van der Waals surface area contributed by atoms with Crippen LogP contribution in [0.3, 0.4) is 0 Å². The zero-order valence-electron chi connectivity index (χ0n) is 11.6. The summed E-state index contributed by atoms with van der Waals surface area (Å²) in [5.74, 6) is -0.252. The fourth-order valence-corrected chi connectivity index (χ4v) is 4.31. The molecule has 110 valence electrons. The van der Waals surface area contributed by atoms with E-state index in [1.807, 2.05) is 32.0 Å². The number of nitrogens with zero attached hydrogens (tertiary/aromatic N) is 1. The summed E-state index contributed by atoms with van der Waals surface area (Å²) < 4.78 is 23.3. The molecule has 1 aliphatic heterocycles. The number of anilines is 1. The Kier molecular flexibility index (Phi) is 4.39. The molecule has 0 aromatic heterocycles. The maximum absolute atomic E-state index is 12.1. The molecule has 0 radical (unpaired) electrons. The van der Waals surface area contributed by atoms with Crippen molar-refractivity contribution in [2.75, 3.05) is 22.3 Å². The molecule has 0 bridgehead atoms. The maximum atomic E-state index is 12.1. The van der Waals surface area contributed by atoms with E-state index in [0.717, 1.165) is 16.8 Å². The van der Waals surface area contributed by atoms with Crippen molar-refractivity contribution in [2.24, 2.45) is 0 Å². The van der Waals surface area contributed by atoms with Gasteiger partial charge in [-0.1, -0.05) is 6.07 Å². The number of benzene rings is 1. The molecule has 1 saturated heterocycles. The van der Waals surface area contributed by atoms with Crippen molar-refractivity contribution in [3.8, 4) is 0 Å². The third-order valence-electron chi connectivity index (χ3n) is 3.73. The summed E-state index contributed by atoms with van der Waals surface area (Å²) in [5.41, 5.74) is 2.92. The topological polar surface area (TPSA) is 54.5 Å².